The van der Waals surface area contributed by atoms with E-state index in [2.05, 4.69) is 24.3 Å². The summed E-state index contributed by atoms with van der Waals surface area (Å²) in [6, 6.07) is 11.7. The zero-order valence-corrected chi connectivity index (χ0v) is 9.62. The van der Waals surface area contributed by atoms with Crippen LogP contribution in [0.2, 0.25) is 0 Å². The summed E-state index contributed by atoms with van der Waals surface area (Å²) in [4.78, 5) is 0. The molecule has 0 atom stereocenters. The van der Waals surface area contributed by atoms with Crippen molar-refractivity contribution in [2.75, 3.05) is 0 Å². The summed E-state index contributed by atoms with van der Waals surface area (Å²) in [6.07, 6.45) is 0. The maximum absolute atomic E-state index is 5.22. The smallest absolute Gasteiger partial charge is 0.150 e. The van der Waals surface area contributed by atoms with Crippen LogP contribution in [0.4, 0.5) is 0 Å². The molecule has 0 saturated carbocycles. The molecule has 0 aromatic heterocycles. The van der Waals surface area contributed by atoms with Gasteiger partial charge in [-0.1, -0.05) is 30.3 Å². The molecule has 0 spiro atoms. The molecule has 54 valence electrons. The average Bonchev–Trinajstić information content (AvgIpc) is 2.03. The fourth-order valence-electron chi connectivity index (χ4n) is 0.865. The Kier molecular flexibility index (Phi) is 3.42. The maximum Gasteiger partial charge on any atom is 0.150 e. The van der Waals surface area contributed by atoms with E-state index >= 15 is 0 Å². The highest BCUT2D eigenvalue weighted by Gasteiger charge is 1.88. The number of hydrogen-bond donors (Lipinski definition) is 0. The molecule has 0 radical (unpaired) electrons. The van der Waals surface area contributed by atoms with E-state index in [1.54, 1.807) is 0 Å². The van der Waals surface area contributed by atoms with E-state index in [-0.39, 0.29) is 9.76 Å². The van der Waals surface area contributed by atoms with Gasteiger partial charge in [0.05, 0.1) is 0 Å². The lowest BCUT2D eigenvalue weighted by Crippen LogP contribution is -1.99. The third-order valence-electron chi connectivity index (χ3n) is 1.44. The molecule has 0 N–H and O–H groups in total. The minimum Gasteiger partial charge on any atom is -0.468 e. The van der Waals surface area contributed by atoms with Gasteiger partial charge in [0.2, 0.25) is 0 Å². The van der Waals surface area contributed by atoms with Crippen LogP contribution in [0.5, 0.6) is 0 Å². The first kappa shape index (κ1) is 7.72. The second-order valence-corrected chi connectivity index (χ2v) is 5.45. The molecule has 1 nitrogen and oxygen atoms in total. The van der Waals surface area contributed by atoms with Gasteiger partial charge in [-0.2, -0.15) is 0 Å². The third kappa shape index (κ3) is 2.47. The molecular formula is C7H12OSi2. The van der Waals surface area contributed by atoms with Crippen molar-refractivity contribution in [1.29, 1.82) is 0 Å². The molecule has 0 saturated heterocycles. The largest absolute Gasteiger partial charge is 0.468 e. The van der Waals surface area contributed by atoms with Gasteiger partial charge in [0.15, 0.2) is 0 Å². The van der Waals surface area contributed by atoms with E-state index in [0.717, 1.165) is 10.5 Å². The van der Waals surface area contributed by atoms with Crippen molar-refractivity contribution in [2.24, 2.45) is 0 Å². The molecule has 1 aromatic carbocycles. The zero-order chi connectivity index (χ0) is 7.23. The molecule has 0 unspecified atom stereocenters. The summed E-state index contributed by atoms with van der Waals surface area (Å²) in [6.45, 7) is 0. The van der Waals surface area contributed by atoms with Gasteiger partial charge in [-0.05, 0) is 11.6 Å². The van der Waals surface area contributed by atoms with Gasteiger partial charge < -0.3 is 4.12 Å². The Balaban J connectivity index is 2.43. The van der Waals surface area contributed by atoms with Crippen molar-refractivity contribution in [3.05, 3.63) is 35.9 Å². The van der Waals surface area contributed by atoms with Crippen LogP contribution < -0.4 is 0 Å². The van der Waals surface area contributed by atoms with Crippen molar-refractivity contribution < 1.29 is 4.12 Å². The summed E-state index contributed by atoms with van der Waals surface area (Å²) in [5.74, 6) is 0. The highest BCUT2D eigenvalue weighted by molar-refractivity contribution is 6.33. The number of rotatable bonds is 3. The highest BCUT2D eigenvalue weighted by Crippen LogP contribution is 1.97. The van der Waals surface area contributed by atoms with Crippen molar-refractivity contribution >= 4 is 20.2 Å². The average molecular weight is 168 g/mol. The zero-order valence-electron chi connectivity index (χ0n) is 6.21. The number of benzene rings is 1. The SMILES string of the molecule is [SiH3]O[SiH2]Cc1ccccc1. The quantitative estimate of drug-likeness (QED) is 0.557. The third-order valence-corrected chi connectivity index (χ3v) is 3.85. The predicted octanol–water partition coefficient (Wildman–Crippen LogP) is -0.433. The van der Waals surface area contributed by atoms with Crippen LogP contribution in [-0.4, -0.2) is 20.2 Å². The fraction of sp³-hybridized carbons (Fsp3) is 0.143. The minimum atomic E-state index is -0.215. The highest BCUT2D eigenvalue weighted by atomic mass is 28.3. The van der Waals surface area contributed by atoms with Gasteiger partial charge in [0.1, 0.15) is 20.2 Å². The fourth-order valence-corrected chi connectivity index (χ4v) is 2.25. The standard InChI is InChI=1S/C7H12OSi2/c9-8-10-6-7-4-2-1-3-5-7/h1-5H,6,10H2,9H3. The van der Waals surface area contributed by atoms with Gasteiger partial charge in [0.25, 0.3) is 0 Å². The van der Waals surface area contributed by atoms with Crippen LogP contribution in [0, 0.1) is 0 Å². The molecule has 0 aliphatic rings. The van der Waals surface area contributed by atoms with E-state index in [0.29, 0.717) is 0 Å². The molecule has 10 heavy (non-hydrogen) atoms. The topological polar surface area (TPSA) is 9.23 Å². The molecule has 3 heteroatoms. The Morgan fingerprint density at radius 3 is 2.60 bits per heavy atom. The molecule has 0 fully saturated rings. The Labute approximate surface area is 66.9 Å². The predicted molar refractivity (Wildman–Crippen MR) is 49.7 cm³/mol. The Bertz CT molecular complexity index is 176. The molecule has 0 heterocycles. The van der Waals surface area contributed by atoms with Crippen LogP contribution in [-0.2, 0) is 10.2 Å². The monoisotopic (exact) mass is 168 g/mol. The van der Waals surface area contributed by atoms with Crippen LogP contribution in [0.1, 0.15) is 5.56 Å². The van der Waals surface area contributed by atoms with E-state index in [1.165, 1.54) is 11.6 Å². The van der Waals surface area contributed by atoms with Crippen LogP contribution in [0.3, 0.4) is 0 Å². The molecule has 0 amide bonds. The Morgan fingerprint density at radius 2 is 2.00 bits per heavy atom. The Morgan fingerprint density at radius 1 is 1.30 bits per heavy atom. The Hall–Kier alpha value is -0.386. The van der Waals surface area contributed by atoms with Gasteiger partial charge in [0, 0.05) is 0 Å². The van der Waals surface area contributed by atoms with E-state index in [9.17, 15) is 0 Å². The van der Waals surface area contributed by atoms with E-state index in [1.807, 2.05) is 6.07 Å². The lowest BCUT2D eigenvalue weighted by atomic mass is 10.2. The lowest BCUT2D eigenvalue weighted by Gasteiger charge is -1.97. The summed E-state index contributed by atoms with van der Waals surface area (Å²) in [5, 5.41) is 0. The molecule has 0 aliphatic heterocycles. The maximum atomic E-state index is 5.22. The molecule has 0 aliphatic carbocycles. The lowest BCUT2D eigenvalue weighted by molar-refractivity contribution is 0.660. The van der Waals surface area contributed by atoms with E-state index < -0.39 is 0 Å². The molecule has 1 rings (SSSR count). The van der Waals surface area contributed by atoms with Crippen molar-refractivity contribution in [1.82, 2.24) is 0 Å². The van der Waals surface area contributed by atoms with Gasteiger partial charge >= 0.3 is 0 Å². The normalized spacial score (nSPS) is 11.2. The second-order valence-electron chi connectivity index (χ2n) is 2.23. The second kappa shape index (κ2) is 4.43. The van der Waals surface area contributed by atoms with Crippen LogP contribution in [0.25, 0.3) is 0 Å². The summed E-state index contributed by atoms with van der Waals surface area (Å²) >= 11 is 0. The number of hydrogen-bond acceptors (Lipinski definition) is 1. The van der Waals surface area contributed by atoms with Crippen LogP contribution in [0.15, 0.2) is 30.3 Å². The minimum absolute atomic E-state index is 0.215. The van der Waals surface area contributed by atoms with E-state index in [4.69, 9.17) is 4.12 Å². The van der Waals surface area contributed by atoms with Crippen molar-refractivity contribution in [3.8, 4) is 0 Å². The first-order valence-corrected chi connectivity index (χ1v) is 5.86. The molecular weight excluding hydrogens is 156 g/mol. The summed E-state index contributed by atoms with van der Waals surface area (Å²) in [7, 11) is 0.697. The van der Waals surface area contributed by atoms with Crippen LogP contribution >= 0.6 is 0 Å². The first-order chi connectivity index (χ1) is 4.93. The van der Waals surface area contributed by atoms with Gasteiger partial charge in [-0.25, -0.2) is 0 Å². The summed E-state index contributed by atoms with van der Waals surface area (Å²) < 4.78 is 5.22. The molecule has 0 bridgehead atoms. The van der Waals surface area contributed by atoms with Crippen molar-refractivity contribution in [3.63, 3.8) is 0 Å². The summed E-state index contributed by atoms with van der Waals surface area (Å²) in [5.41, 5.74) is 1.42. The van der Waals surface area contributed by atoms with Crippen molar-refractivity contribution in [2.45, 2.75) is 6.04 Å². The van der Waals surface area contributed by atoms with Gasteiger partial charge in [-0.3, -0.25) is 0 Å². The van der Waals surface area contributed by atoms with Gasteiger partial charge in [-0.15, -0.1) is 0 Å². The molecule has 1 aromatic rings. The first-order valence-electron chi connectivity index (χ1n) is 3.46.